The van der Waals surface area contributed by atoms with Crippen LogP contribution in [0.25, 0.3) is 0 Å². The van der Waals surface area contributed by atoms with Gasteiger partial charge in [0.1, 0.15) is 0 Å². The van der Waals surface area contributed by atoms with Gasteiger partial charge >= 0.3 is 0 Å². The fourth-order valence-electron chi connectivity index (χ4n) is 4.10. The van der Waals surface area contributed by atoms with Gasteiger partial charge in [0.05, 0.1) is 11.9 Å². The van der Waals surface area contributed by atoms with Crippen LogP contribution in [-0.4, -0.2) is 61.4 Å². The zero-order valence-electron chi connectivity index (χ0n) is 16.1. The standard InChI is InChI=1S/C19H28N6O/c1-13-18(14(2)23(4)21-13)12-24-5-7-25(8-6-24)19(26)17-9-16(17)15-10-20-22(3)11-15/h10-11,16-17H,5-9,12H2,1-4H3/t16-,17+/m0/s1. The molecule has 1 saturated carbocycles. The van der Waals surface area contributed by atoms with Gasteiger partial charge in [0.25, 0.3) is 0 Å². The van der Waals surface area contributed by atoms with Crippen molar-refractivity contribution in [1.29, 1.82) is 0 Å². The van der Waals surface area contributed by atoms with E-state index in [2.05, 4.69) is 33.8 Å². The Hall–Kier alpha value is -2.15. The molecule has 0 bridgehead atoms. The van der Waals surface area contributed by atoms with Crippen molar-refractivity contribution < 1.29 is 4.79 Å². The number of hydrogen-bond acceptors (Lipinski definition) is 4. The van der Waals surface area contributed by atoms with Gasteiger partial charge in [-0.25, -0.2) is 0 Å². The third kappa shape index (κ3) is 3.16. The highest BCUT2D eigenvalue weighted by Gasteiger charge is 2.46. The van der Waals surface area contributed by atoms with E-state index in [0.29, 0.717) is 11.8 Å². The Labute approximate surface area is 154 Å². The molecule has 1 aliphatic carbocycles. The van der Waals surface area contributed by atoms with Crippen molar-refractivity contribution in [3.8, 4) is 0 Å². The van der Waals surface area contributed by atoms with Gasteiger partial charge in [-0.3, -0.25) is 19.1 Å². The van der Waals surface area contributed by atoms with Crippen LogP contribution < -0.4 is 0 Å². The zero-order chi connectivity index (χ0) is 18.4. The summed E-state index contributed by atoms with van der Waals surface area (Å²) in [6, 6.07) is 0. The third-order valence-corrected chi connectivity index (χ3v) is 5.99. The van der Waals surface area contributed by atoms with Crippen molar-refractivity contribution in [2.45, 2.75) is 32.7 Å². The molecular formula is C19H28N6O. The van der Waals surface area contributed by atoms with E-state index in [1.165, 1.54) is 16.8 Å². The van der Waals surface area contributed by atoms with Gasteiger partial charge < -0.3 is 4.90 Å². The smallest absolute Gasteiger partial charge is 0.226 e. The highest BCUT2D eigenvalue weighted by molar-refractivity contribution is 5.83. The van der Waals surface area contributed by atoms with Gasteiger partial charge in [-0.1, -0.05) is 0 Å². The molecule has 7 nitrogen and oxygen atoms in total. The number of amides is 1. The maximum absolute atomic E-state index is 12.8. The predicted molar refractivity (Wildman–Crippen MR) is 98.6 cm³/mol. The van der Waals surface area contributed by atoms with Crippen molar-refractivity contribution in [1.82, 2.24) is 29.4 Å². The number of aryl methyl sites for hydroxylation is 3. The normalized spacial score (nSPS) is 23.5. The molecule has 0 N–H and O–H groups in total. The van der Waals surface area contributed by atoms with E-state index < -0.39 is 0 Å². The van der Waals surface area contributed by atoms with Gasteiger partial charge in [0, 0.05) is 70.2 Å². The van der Waals surface area contributed by atoms with Crippen LogP contribution >= 0.6 is 0 Å². The minimum absolute atomic E-state index is 0.161. The second kappa shape index (κ2) is 6.54. The Balaban J connectivity index is 1.30. The van der Waals surface area contributed by atoms with E-state index in [1.807, 2.05) is 35.9 Å². The Bertz CT molecular complexity index is 814. The molecule has 1 saturated heterocycles. The van der Waals surface area contributed by atoms with E-state index in [1.54, 1.807) is 0 Å². The molecule has 4 rings (SSSR count). The Morgan fingerprint density at radius 1 is 1.19 bits per heavy atom. The lowest BCUT2D eigenvalue weighted by Crippen LogP contribution is -2.49. The molecule has 0 unspecified atom stereocenters. The SMILES string of the molecule is Cc1nn(C)c(C)c1CN1CCN(C(=O)[C@@H]2C[C@H]2c2cnn(C)c2)CC1. The molecular weight excluding hydrogens is 328 g/mol. The number of piperazine rings is 1. The highest BCUT2D eigenvalue weighted by Crippen LogP contribution is 2.48. The fraction of sp³-hybridized carbons (Fsp3) is 0.632. The Morgan fingerprint density at radius 3 is 2.50 bits per heavy atom. The minimum atomic E-state index is 0.161. The van der Waals surface area contributed by atoms with E-state index >= 15 is 0 Å². The average Bonchev–Trinajstić information content (AvgIpc) is 3.25. The van der Waals surface area contributed by atoms with Crippen LogP contribution in [-0.2, 0) is 25.4 Å². The van der Waals surface area contributed by atoms with Crippen molar-refractivity contribution in [2.24, 2.45) is 20.0 Å². The molecule has 140 valence electrons. The second-order valence-corrected chi connectivity index (χ2v) is 7.77. The minimum Gasteiger partial charge on any atom is -0.340 e. The van der Waals surface area contributed by atoms with Gasteiger partial charge in [-0.15, -0.1) is 0 Å². The van der Waals surface area contributed by atoms with Crippen molar-refractivity contribution in [3.63, 3.8) is 0 Å². The number of carbonyl (C=O) groups is 1. The van der Waals surface area contributed by atoms with E-state index in [4.69, 9.17) is 0 Å². The van der Waals surface area contributed by atoms with E-state index in [9.17, 15) is 4.79 Å². The molecule has 1 amide bonds. The summed E-state index contributed by atoms with van der Waals surface area (Å²) in [6.45, 7) is 8.65. The van der Waals surface area contributed by atoms with Crippen LogP contribution in [0.5, 0.6) is 0 Å². The lowest BCUT2D eigenvalue weighted by atomic mass is 10.1. The van der Waals surface area contributed by atoms with Gasteiger partial charge in [0.2, 0.25) is 5.91 Å². The van der Waals surface area contributed by atoms with E-state index in [-0.39, 0.29) is 5.92 Å². The summed E-state index contributed by atoms with van der Waals surface area (Å²) >= 11 is 0. The lowest BCUT2D eigenvalue weighted by molar-refractivity contribution is -0.134. The number of carbonyl (C=O) groups excluding carboxylic acids is 1. The highest BCUT2D eigenvalue weighted by atomic mass is 16.2. The maximum atomic E-state index is 12.8. The molecule has 1 aliphatic heterocycles. The second-order valence-electron chi connectivity index (χ2n) is 7.77. The Kier molecular flexibility index (Phi) is 4.34. The summed E-state index contributed by atoms with van der Waals surface area (Å²) in [6.07, 6.45) is 4.90. The third-order valence-electron chi connectivity index (χ3n) is 5.99. The van der Waals surface area contributed by atoms with Gasteiger partial charge in [-0.05, 0) is 31.7 Å². The summed E-state index contributed by atoms with van der Waals surface area (Å²) in [4.78, 5) is 17.3. The molecule has 0 aromatic carbocycles. The summed E-state index contributed by atoms with van der Waals surface area (Å²) in [5.74, 6) is 0.857. The molecule has 0 radical (unpaired) electrons. The Morgan fingerprint density at radius 2 is 1.92 bits per heavy atom. The van der Waals surface area contributed by atoms with Crippen molar-refractivity contribution in [3.05, 3.63) is 34.9 Å². The van der Waals surface area contributed by atoms with E-state index in [0.717, 1.165) is 44.8 Å². The quantitative estimate of drug-likeness (QED) is 0.826. The summed E-state index contributed by atoms with van der Waals surface area (Å²) in [5.41, 5.74) is 4.87. The molecule has 7 heteroatoms. The molecule has 0 spiro atoms. The molecule has 2 fully saturated rings. The lowest BCUT2D eigenvalue weighted by Gasteiger charge is -2.35. The van der Waals surface area contributed by atoms with Crippen LogP contribution in [0.3, 0.4) is 0 Å². The number of hydrogen-bond donors (Lipinski definition) is 0. The zero-order valence-corrected chi connectivity index (χ0v) is 16.1. The van der Waals surface area contributed by atoms with Gasteiger partial charge in [0.15, 0.2) is 0 Å². The molecule has 26 heavy (non-hydrogen) atoms. The van der Waals surface area contributed by atoms with Crippen molar-refractivity contribution >= 4 is 5.91 Å². The average molecular weight is 356 g/mol. The fourth-order valence-corrected chi connectivity index (χ4v) is 4.10. The molecule has 3 heterocycles. The number of rotatable bonds is 4. The number of aromatic nitrogens is 4. The van der Waals surface area contributed by atoms with Crippen LogP contribution in [0, 0.1) is 19.8 Å². The first kappa shape index (κ1) is 17.3. The maximum Gasteiger partial charge on any atom is 0.226 e. The molecule has 2 aromatic heterocycles. The summed E-state index contributed by atoms with van der Waals surface area (Å²) in [5, 5.41) is 8.74. The molecule has 2 aliphatic rings. The van der Waals surface area contributed by atoms with Crippen LogP contribution in [0.2, 0.25) is 0 Å². The summed E-state index contributed by atoms with van der Waals surface area (Å²) < 4.78 is 3.77. The van der Waals surface area contributed by atoms with Crippen LogP contribution in [0.4, 0.5) is 0 Å². The summed E-state index contributed by atoms with van der Waals surface area (Å²) in [7, 11) is 3.92. The monoisotopic (exact) mass is 356 g/mol. The van der Waals surface area contributed by atoms with Gasteiger partial charge in [-0.2, -0.15) is 10.2 Å². The largest absolute Gasteiger partial charge is 0.340 e. The van der Waals surface area contributed by atoms with Crippen LogP contribution in [0.15, 0.2) is 12.4 Å². The topological polar surface area (TPSA) is 59.2 Å². The molecule has 2 atom stereocenters. The van der Waals surface area contributed by atoms with Crippen LogP contribution in [0.1, 0.15) is 34.9 Å². The number of nitrogens with zero attached hydrogens (tertiary/aromatic N) is 6. The first-order valence-corrected chi connectivity index (χ1v) is 9.42. The predicted octanol–water partition coefficient (Wildman–Crippen LogP) is 1.22. The van der Waals surface area contributed by atoms with Crippen molar-refractivity contribution in [2.75, 3.05) is 26.2 Å². The first-order valence-electron chi connectivity index (χ1n) is 9.42. The first-order chi connectivity index (χ1) is 12.4. The molecule has 2 aromatic rings.